The van der Waals surface area contributed by atoms with Gasteiger partial charge in [-0.2, -0.15) is 0 Å². The van der Waals surface area contributed by atoms with Gasteiger partial charge < -0.3 is 4.90 Å². The summed E-state index contributed by atoms with van der Waals surface area (Å²) in [5, 5.41) is 0.394. The van der Waals surface area contributed by atoms with Crippen molar-refractivity contribution < 1.29 is 4.79 Å². The normalized spacial score (nSPS) is 17.7. The molecule has 0 N–H and O–H groups in total. The van der Waals surface area contributed by atoms with Gasteiger partial charge in [-0.25, -0.2) is 0 Å². The number of amides is 1. The number of pyridine rings is 1. The lowest BCUT2D eigenvalue weighted by molar-refractivity contribution is 0.0985. The van der Waals surface area contributed by atoms with E-state index in [1.807, 2.05) is 53.9 Å². The third-order valence-corrected chi connectivity index (χ3v) is 4.56. The molecule has 1 unspecified atom stereocenters. The third kappa shape index (κ3) is 2.31. The van der Waals surface area contributed by atoms with Crippen molar-refractivity contribution in [3.05, 3.63) is 53.9 Å². The Morgan fingerprint density at radius 3 is 2.90 bits per heavy atom. The highest BCUT2D eigenvalue weighted by molar-refractivity contribution is 8.00. The van der Waals surface area contributed by atoms with E-state index in [1.165, 1.54) is 4.90 Å². The molecular weight excluding hydrogens is 268 g/mol. The standard InChI is InChI=1S/C16H16N2OS/c1-11-10-18(14-7-3-4-8-15(14)20-11)16(19)13-6-5-9-17-12(13)2/h3-9,11H,10H2,1-2H3. The number of thioether (sulfide) groups is 1. The van der Waals surface area contributed by atoms with Crippen LogP contribution in [0.5, 0.6) is 0 Å². The smallest absolute Gasteiger partial charge is 0.260 e. The Morgan fingerprint density at radius 1 is 1.30 bits per heavy atom. The second kappa shape index (κ2) is 5.29. The highest BCUT2D eigenvalue weighted by Gasteiger charge is 2.28. The van der Waals surface area contributed by atoms with E-state index in [4.69, 9.17) is 0 Å². The minimum atomic E-state index is 0.0372. The lowest BCUT2D eigenvalue weighted by atomic mass is 10.1. The molecule has 102 valence electrons. The number of aromatic nitrogens is 1. The van der Waals surface area contributed by atoms with E-state index in [0.29, 0.717) is 10.8 Å². The zero-order chi connectivity index (χ0) is 14.1. The number of hydrogen-bond acceptors (Lipinski definition) is 3. The molecule has 1 aromatic carbocycles. The van der Waals surface area contributed by atoms with Crippen LogP contribution in [0.25, 0.3) is 0 Å². The molecule has 0 fully saturated rings. The van der Waals surface area contributed by atoms with Crippen LogP contribution < -0.4 is 4.90 Å². The zero-order valence-corrected chi connectivity index (χ0v) is 12.4. The fourth-order valence-electron chi connectivity index (χ4n) is 2.44. The highest BCUT2D eigenvalue weighted by Crippen LogP contribution is 2.38. The van der Waals surface area contributed by atoms with Crippen LogP contribution in [0.15, 0.2) is 47.5 Å². The molecular formula is C16H16N2OS. The minimum Gasteiger partial charge on any atom is -0.306 e. The van der Waals surface area contributed by atoms with E-state index < -0.39 is 0 Å². The monoisotopic (exact) mass is 284 g/mol. The van der Waals surface area contributed by atoms with Crippen molar-refractivity contribution in [2.75, 3.05) is 11.4 Å². The van der Waals surface area contributed by atoms with Crippen LogP contribution in [-0.4, -0.2) is 22.7 Å². The van der Waals surface area contributed by atoms with E-state index in [1.54, 1.807) is 6.20 Å². The quantitative estimate of drug-likeness (QED) is 0.803. The molecule has 3 nitrogen and oxygen atoms in total. The molecule has 1 amide bonds. The van der Waals surface area contributed by atoms with Crippen LogP contribution in [-0.2, 0) is 0 Å². The van der Waals surface area contributed by atoms with Crippen LogP contribution in [0.1, 0.15) is 23.0 Å². The van der Waals surface area contributed by atoms with E-state index in [2.05, 4.69) is 18.0 Å². The molecule has 20 heavy (non-hydrogen) atoms. The Morgan fingerprint density at radius 2 is 2.10 bits per heavy atom. The first-order chi connectivity index (χ1) is 9.66. The fourth-order valence-corrected chi connectivity index (χ4v) is 3.55. The molecule has 1 aliphatic rings. The summed E-state index contributed by atoms with van der Waals surface area (Å²) in [5.74, 6) is 0.0372. The van der Waals surface area contributed by atoms with Crippen molar-refractivity contribution in [3.63, 3.8) is 0 Å². The highest BCUT2D eigenvalue weighted by atomic mass is 32.2. The molecule has 0 radical (unpaired) electrons. The Labute approximate surface area is 123 Å². The summed E-state index contributed by atoms with van der Waals surface area (Å²) >= 11 is 1.82. The summed E-state index contributed by atoms with van der Waals surface area (Å²) in [6.45, 7) is 4.76. The van der Waals surface area contributed by atoms with Crippen molar-refractivity contribution in [1.82, 2.24) is 4.98 Å². The first kappa shape index (κ1) is 13.2. The van der Waals surface area contributed by atoms with Gasteiger partial charge in [0, 0.05) is 28.6 Å². The van der Waals surface area contributed by atoms with Gasteiger partial charge in [0.05, 0.1) is 11.3 Å². The topological polar surface area (TPSA) is 33.2 Å². The Kier molecular flexibility index (Phi) is 3.49. The predicted octanol–water partition coefficient (Wildman–Crippen LogP) is 3.53. The first-order valence-corrected chi connectivity index (χ1v) is 7.54. The second-order valence-corrected chi connectivity index (χ2v) is 6.43. The molecule has 3 rings (SSSR count). The van der Waals surface area contributed by atoms with Crippen molar-refractivity contribution in [2.45, 2.75) is 24.0 Å². The van der Waals surface area contributed by atoms with Gasteiger partial charge >= 0.3 is 0 Å². The lowest BCUT2D eigenvalue weighted by Crippen LogP contribution is -2.38. The molecule has 1 aliphatic heterocycles. The summed E-state index contributed by atoms with van der Waals surface area (Å²) < 4.78 is 0. The molecule has 0 spiro atoms. The number of carbonyl (C=O) groups is 1. The number of rotatable bonds is 1. The summed E-state index contributed by atoms with van der Waals surface area (Å²) in [4.78, 5) is 20.1. The van der Waals surface area contributed by atoms with Crippen LogP contribution in [0.2, 0.25) is 0 Å². The minimum absolute atomic E-state index is 0.0372. The number of nitrogens with zero attached hydrogens (tertiary/aromatic N) is 2. The van der Waals surface area contributed by atoms with E-state index in [9.17, 15) is 4.79 Å². The van der Waals surface area contributed by atoms with E-state index in [0.717, 1.165) is 17.9 Å². The van der Waals surface area contributed by atoms with Crippen molar-refractivity contribution in [1.29, 1.82) is 0 Å². The van der Waals surface area contributed by atoms with Crippen LogP contribution in [0.4, 0.5) is 5.69 Å². The predicted molar refractivity (Wildman–Crippen MR) is 82.4 cm³/mol. The number of fused-ring (bicyclic) bond motifs is 1. The maximum atomic E-state index is 12.8. The van der Waals surface area contributed by atoms with E-state index >= 15 is 0 Å². The van der Waals surface area contributed by atoms with Crippen molar-refractivity contribution >= 4 is 23.4 Å². The summed E-state index contributed by atoms with van der Waals surface area (Å²) in [5.41, 5.74) is 2.46. The average Bonchev–Trinajstić information content (AvgIpc) is 2.46. The summed E-state index contributed by atoms with van der Waals surface area (Å²) in [6, 6.07) is 11.7. The molecule has 0 saturated carbocycles. The zero-order valence-electron chi connectivity index (χ0n) is 11.5. The third-order valence-electron chi connectivity index (χ3n) is 3.41. The Hall–Kier alpha value is -1.81. The lowest BCUT2D eigenvalue weighted by Gasteiger charge is -2.32. The maximum absolute atomic E-state index is 12.8. The van der Waals surface area contributed by atoms with Gasteiger partial charge in [0.2, 0.25) is 0 Å². The second-order valence-electron chi connectivity index (χ2n) is 4.95. The molecule has 0 aliphatic carbocycles. The molecule has 1 aromatic heterocycles. The van der Waals surface area contributed by atoms with Gasteiger partial charge in [-0.1, -0.05) is 19.1 Å². The molecule has 2 heterocycles. The van der Waals surface area contributed by atoms with Crippen LogP contribution in [0.3, 0.4) is 0 Å². The number of benzene rings is 1. The first-order valence-electron chi connectivity index (χ1n) is 6.66. The number of aryl methyl sites for hydroxylation is 1. The van der Waals surface area contributed by atoms with Crippen LogP contribution >= 0.6 is 11.8 Å². The number of para-hydroxylation sites is 1. The molecule has 0 bridgehead atoms. The van der Waals surface area contributed by atoms with Crippen molar-refractivity contribution in [3.8, 4) is 0 Å². The average molecular weight is 284 g/mol. The molecule has 4 heteroatoms. The van der Waals surface area contributed by atoms with Crippen molar-refractivity contribution in [2.24, 2.45) is 0 Å². The fraction of sp³-hybridized carbons (Fsp3) is 0.250. The van der Waals surface area contributed by atoms with Gasteiger partial charge in [-0.15, -0.1) is 11.8 Å². The Balaban J connectivity index is 2.02. The molecule has 1 atom stereocenters. The van der Waals surface area contributed by atoms with Gasteiger partial charge in [-0.3, -0.25) is 9.78 Å². The number of hydrogen-bond donors (Lipinski definition) is 0. The van der Waals surface area contributed by atoms with Gasteiger partial charge in [0.25, 0.3) is 5.91 Å². The Bertz CT molecular complexity index is 656. The van der Waals surface area contributed by atoms with Crippen LogP contribution in [0, 0.1) is 6.92 Å². The largest absolute Gasteiger partial charge is 0.306 e. The molecule has 2 aromatic rings. The maximum Gasteiger partial charge on any atom is 0.260 e. The van der Waals surface area contributed by atoms with Gasteiger partial charge in [0.1, 0.15) is 0 Å². The summed E-state index contributed by atoms with van der Waals surface area (Å²) in [7, 11) is 0. The number of carbonyl (C=O) groups excluding carboxylic acids is 1. The van der Waals surface area contributed by atoms with Gasteiger partial charge in [-0.05, 0) is 31.2 Å². The SMILES string of the molecule is Cc1ncccc1C(=O)N1CC(C)Sc2ccccc21. The molecule has 0 saturated heterocycles. The van der Waals surface area contributed by atoms with E-state index in [-0.39, 0.29) is 5.91 Å². The van der Waals surface area contributed by atoms with Gasteiger partial charge in [0.15, 0.2) is 0 Å². The summed E-state index contributed by atoms with van der Waals surface area (Å²) in [6.07, 6.45) is 1.72. The number of anilines is 1.